The molecule has 0 saturated carbocycles. The van der Waals surface area contributed by atoms with E-state index in [1.807, 2.05) is 18.3 Å². The monoisotopic (exact) mass is 388 g/mol. The highest BCUT2D eigenvalue weighted by Gasteiger charge is 2.42. The molecule has 0 aromatic carbocycles. The van der Waals surface area contributed by atoms with Gasteiger partial charge in [0, 0.05) is 56.8 Å². The van der Waals surface area contributed by atoms with Crippen molar-refractivity contribution in [3.8, 4) is 5.88 Å². The van der Waals surface area contributed by atoms with Crippen molar-refractivity contribution in [1.82, 2.24) is 15.2 Å². The first kappa shape index (κ1) is 19.5. The van der Waals surface area contributed by atoms with Crippen LogP contribution in [0.2, 0.25) is 0 Å². The van der Waals surface area contributed by atoms with Crippen molar-refractivity contribution < 1.29 is 14.2 Å². The maximum absolute atomic E-state index is 6.03. The Labute approximate surface area is 167 Å². The lowest BCUT2D eigenvalue weighted by molar-refractivity contribution is 0.0237. The van der Waals surface area contributed by atoms with Crippen LogP contribution in [0.25, 0.3) is 0 Å². The molecule has 3 aliphatic heterocycles. The van der Waals surface area contributed by atoms with E-state index in [2.05, 4.69) is 22.1 Å². The van der Waals surface area contributed by atoms with Crippen molar-refractivity contribution in [3.05, 3.63) is 23.9 Å². The molecule has 1 spiro atoms. The third kappa shape index (κ3) is 4.75. The summed E-state index contributed by atoms with van der Waals surface area (Å²) in [4.78, 5) is 11.7. The summed E-state index contributed by atoms with van der Waals surface area (Å²) in [7, 11) is 0. The number of hydrogen-bond acceptors (Lipinski definition) is 5. The molecule has 7 heteroatoms. The van der Waals surface area contributed by atoms with Gasteiger partial charge in [-0.05, 0) is 31.4 Å². The van der Waals surface area contributed by atoms with E-state index in [1.54, 1.807) is 0 Å². The number of guanidine groups is 1. The van der Waals surface area contributed by atoms with Crippen LogP contribution in [0.5, 0.6) is 5.88 Å². The minimum atomic E-state index is 0.201. The smallest absolute Gasteiger partial charge is 0.213 e. The van der Waals surface area contributed by atoms with Crippen molar-refractivity contribution in [2.45, 2.75) is 45.3 Å². The molecule has 1 atom stereocenters. The van der Waals surface area contributed by atoms with E-state index in [4.69, 9.17) is 19.2 Å². The Morgan fingerprint density at radius 1 is 1.32 bits per heavy atom. The summed E-state index contributed by atoms with van der Waals surface area (Å²) < 4.78 is 17.1. The molecule has 0 radical (unpaired) electrons. The molecule has 1 aromatic heterocycles. The van der Waals surface area contributed by atoms with E-state index >= 15 is 0 Å². The zero-order chi connectivity index (χ0) is 19.2. The molecule has 0 bridgehead atoms. The zero-order valence-corrected chi connectivity index (χ0v) is 16.9. The largest absolute Gasteiger partial charge is 0.474 e. The first-order valence-electron chi connectivity index (χ1n) is 10.6. The Kier molecular flexibility index (Phi) is 6.32. The molecule has 1 aromatic rings. The normalized spacial score (nSPS) is 26.2. The third-order valence-corrected chi connectivity index (χ3v) is 5.92. The summed E-state index contributed by atoms with van der Waals surface area (Å²) >= 11 is 0. The standard InChI is InChI=1S/C21H32N4O3/c1-2-22-20(25-9-6-21(15-25)7-12-27-16-21)24-14-17-3-8-23-19(13-17)28-18-4-10-26-11-5-18/h3,8,13,18H,2,4-7,9-12,14-16H2,1H3,(H,22,24). The summed E-state index contributed by atoms with van der Waals surface area (Å²) in [5.41, 5.74) is 1.45. The topological polar surface area (TPSA) is 68.2 Å². The molecule has 3 fully saturated rings. The lowest BCUT2D eigenvalue weighted by Crippen LogP contribution is -2.41. The number of nitrogens with zero attached hydrogens (tertiary/aromatic N) is 3. The molecule has 1 unspecified atom stereocenters. The lowest BCUT2D eigenvalue weighted by Gasteiger charge is -2.25. The molecule has 28 heavy (non-hydrogen) atoms. The number of hydrogen-bond donors (Lipinski definition) is 1. The second-order valence-electron chi connectivity index (χ2n) is 8.08. The van der Waals surface area contributed by atoms with Crippen LogP contribution < -0.4 is 10.1 Å². The average Bonchev–Trinajstić information content (AvgIpc) is 3.36. The van der Waals surface area contributed by atoms with Gasteiger partial charge >= 0.3 is 0 Å². The maximum atomic E-state index is 6.03. The van der Waals surface area contributed by atoms with Gasteiger partial charge in [0.25, 0.3) is 0 Å². The minimum absolute atomic E-state index is 0.201. The van der Waals surface area contributed by atoms with Gasteiger partial charge in [-0.3, -0.25) is 0 Å². The summed E-state index contributed by atoms with van der Waals surface area (Å²) in [5.74, 6) is 1.68. The van der Waals surface area contributed by atoms with E-state index in [9.17, 15) is 0 Å². The number of nitrogens with one attached hydrogen (secondary N) is 1. The Balaban J connectivity index is 1.38. The van der Waals surface area contributed by atoms with Crippen molar-refractivity contribution >= 4 is 5.96 Å². The SMILES string of the molecule is CCNC(=NCc1ccnc(OC2CCOCC2)c1)N1CCC2(CCOC2)C1. The highest BCUT2D eigenvalue weighted by molar-refractivity contribution is 5.80. The predicted octanol–water partition coefficient (Wildman–Crippen LogP) is 2.22. The van der Waals surface area contributed by atoms with Crippen LogP contribution >= 0.6 is 0 Å². The Morgan fingerprint density at radius 3 is 3.00 bits per heavy atom. The van der Waals surface area contributed by atoms with Gasteiger partial charge < -0.3 is 24.4 Å². The number of likely N-dealkylation sites (tertiary alicyclic amines) is 1. The fourth-order valence-corrected chi connectivity index (χ4v) is 4.26. The summed E-state index contributed by atoms with van der Waals surface area (Å²) in [6.45, 7) is 9.01. The van der Waals surface area contributed by atoms with Gasteiger partial charge in [-0.2, -0.15) is 0 Å². The van der Waals surface area contributed by atoms with Crippen molar-refractivity contribution in [2.75, 3.05) is 46.1 Å². The number of aliphatic imine (C=N–C) groups is 1. The second-order valence-corrected chi connectivity index (χ2v) is 8.08. The van der Waals surface area contributed by atoms with Crippen LogP contribution in [0.3, 0.4) is 0 Å². The van der Waals surface area contributed by atoms with Gasteiger partial charge in [0.1, 0.15) is 6.10 Å². The maximum Gasteiger partial charge on any atom is 0.213 e. The van der Waals surface area contributed by atoms with E-state index in [-0.39, 0.29) is 6.10 Å². The molecule has 7 nitrogen and oxygen atoms in total. The van der Waals surface area contributed by atoms with E-state index in [1.165, 1.54) is 12.8 Å². The minimum Gasteiger partial charge on any atom is -0.474 e. The van der Waals surface area contributed by atoms with Crippen LogP contribution in [0.15, 0.2) is 23.3 Å². The van der Waals surface area contributed by atoms with E-state index in [0.717, 1.165) is 70.4 Å². The Bertz CT molecular complexity index is 669. The van der Waals surface area contributed by atoms with E-state index < -0.39 is 0 Å². The van der Waals surface area contributed by atoms with Crippen molar-refractivity contribution in [2.24, 2.45) is 10.4 Å². The molecule has 3 aliphatic rings. The van der Waals surface area contributed by atoms with Gasteiger partial charge in [-0.1, -0.05) is 0 Å². The number of pyridine rings is 1. The molecule has 1 N–H and O–H groups in total. The molecule has 4 rings (SSSR count). The molecule has 0 amide bonds. The molecule has 3 saturated heterocycles. The van der Waals surface area contributed by atoms with Crippen LogP contribution in [0, 0.1) is 5.41 Å². The van der Waals surface area contributed by atoms with Crippen LogP contribution in [0.1, 0.15) is 38.2 Å². The van der Waals surface area contributed by atoms with Gasteiger partial charge in [0.15, 0.2) is 5.96 Å². The van der Waals surface area contributed by atoms with Gasteiger partial charge in [0.2, 0.25) is 5.88 Å². The quantitative estimate of drug-likeness (QED) is 0.616. The fraction of sp³-hybridized carbons (Fsp3) is 0.714. The van der Waals surface area contributed by atoms with Crippen LogP contribution in [0.4, 0.5) is 0 Å². The van der Waals surface area contributed by atoms with Gasteiger partial charge in [-0.15, -0.1) is 0 Å². The average molecular weight is 389 g/mol. The number of aromatic nitrogens is 1. The first-order valence-corrected chi connectivity index (χ1v) is 10.6. The summed E-state index contributed by atoms with van der Waals surface area (Å²) in [5, 5.41) is 3.46. The summed E-state index contributed by atoms with van der Waals surface area (Å²) in [6, 6.07) is 4.03. The van der Waals surface area contributed by atoms with Crippen LogP contribution in [-0.4, -0.2) is 68.0 Å². The first-order chi connectivity index (χ1) is 13.8. The molecular weight excluding hydrogens is 356 g/mol. The van der Waals surface area contributed by atoms with Gasteiger partial charge in [-0.25, -0.2) is 9.98 Å². The number of rotatable bonds is 5. The fourth-order valence-electron chi connectivity index (χ4n) is 4.26. The highest BCUT2D eigenvalue weighted by atomic mass is 16.5. The molecule has 0 aliphatic carbocycles. The number of ether oxygens (including phenoxy) is 3. The third-order valence-electron chi connectivity index (χ3n) is 5.92. The molecule has 4 heterocycles. The predicted molar refractivity (Wildman–Crippen MR) is 108 cm³/mol. The van der Waals surface area contributed by atoms with Crippen molar-refractivity contribution in [1.29, 1.82) is 0 Å². The van der Waals surface area contributed by atoms with Crippen molar-refractivity contribution in [3.63, 3.8) is 0 Å². The Morgan fingerprint density at radius 2 is 2.21 bits per heavy atom. The second kappa shape index (κ2) is 9.09. The molecule has 154 valence electrons. The lowest BCUT2D eigenvalue weighted by atomic mass is 9.87. The van der Waals surface area contributed by atoms with E-state index in [0.29, 0.717) is 17.8 Å². The highest BCUT2D eigenvalue weighted by Crippen LogP contribution is 2.38. The zero-order valence-electron chi connectivity index (χ0n) is 16.9. The molecular formula is C21H32N4O3. The summed E-state index contributed by atoms with van der Waals surface area (Å²) in [6.07, 6.45) is 6.22. The van der Waals surface area contributed by atoms with Crippen LogP contribution in [-0.2, 0) is 16.0 Å². The van der Waals surface area contributed by atoms with Gasteiger partial charge in [0.05, 0.1) is 26.4 Å². The Hall–Kier alpha value is -1.86.